The van der Waals surface area contributed by atoms with Crippen molar-refractivity contribution in [1.29, 1.82) is 0 Å². The number of sulfonamides is 1. The number of rotatable bonds is 7. The van der Waals surface area contributed by atoms with Crippen LogP contribution in [0.2, 0.25) is 0 Å². The number of furan rings is 1. The molecule has 0 spiro atoms. The molecular formula is C17H16N2O6S. The largest absolute Gasteiger partial charge is 0.468 e. The summed E-state index contributed by atoms with van der Waals surface area (Å²) in [5.74, 6) is 0.530. The molecule has 0 unspecified atom stereocenters. The van der Waals surface area contributed by atoms with Crippen molar-refractivity contribution < 1.29 is 26.9 Å². The van der Waals surface area contributed by atoms with E-state index in [9.17, 15) is 13.2 Å². The van der Waals surface area contributed by atoms with Crippen LogP contribution in [-0.2, 0) is 27.9 Å². The van der Waals surface area contributed by atoms with Crippen LogP contribution in [0.4, 0.5) is 0 Å². The van der Waals surface area contributed by atoms with Gasteiger partial charge >= 0.3 is 5.97 Å². The molecule has 1 N–H and O–H groups in total. The van der Waals surface area contributed by atoms with E-state index in [0.717, 1.165) is 0 Å². The number of hydrogen-bond acceptors (Lipinski definition) is 7. The first-order valence-electron chi connectivity index (χ1n) is 7.65. The molecule has 3 aromatic rings. The number of nitrogens with one attached hydrogen (secondary N) is 1. The number of aryl methyl sites for hydroxylation is 1. The van der Waals surface area contributed by atoms with E-state index >= 15 is 0 Å². The van der Waals surface area contributed by atoms with E-state index in [0.29, 0.717) is 17.2 Å². The lowest BCUT2D eigenvalue weighted by Gasteiger charge is -2.07. The van der Waals surface area contributed by atoms with Crippen LogP contribution in [0.15, 0.2) is 62.6 Å². The van der Waals surface area contributed by atoms with Gasteiger partial charge < -0.3 is 13.7 Å². The second-order valence-corrected chi connectivity index (χ2v) is 7.20. The maximum atomic E-state index is 12.2. The van der Waals surface area contributed by atoms with Gasteiger partial charge in [-0.1, -0.05) is 5.16 Å². The fraction of sp³-hybridized carbons (Fsp3) is 0.176. The summed E-state index contributed by atoms with van der Waals surface area (Å²) < 4.78 is 42.0. The summed E-state index contributed by atoms with van der Waals surface area (Å²) in [5.41, 5.74) is 0.729. The first-order chi connectivity index (χ1) is 12.4. The van der Waals surface area contributed by atoms with Gasteiger partial charge in [-0.15, -0.1) is 0 Å². The van der Waals surface area contributed by atoms with E-state index in [-0.39, 0.29) is 23.6 Å². The van der Waals surface area contributed by atoms with Crippen molar-refractivity contribution >= 4 is 16.0 Å². The van der Waals surface area contributed by atoms with E-state index in [1.165, 1.54) is 30.5 Å². The fourth-order valence-electron chi connectivity index (χ4n) is 2.14. The van der Waals surface area contributed by atoms with E-state index in [4.69, 9.17) is 13.7 Å². The number of benzene rings is 1. The van der Waals surface area contributed by atoms with E-state index < -0.39 is 16.0 Å². The average Bonchev–Trinajstić information content (AvgIpc) is 3.30. The minimum Gasteiger partial charge on any atom is -0.468 e. The van der Waals surface area contributed by atoms with Crippen molar-refractivity contribution in [2.75, 3.05) is 0 Å². The Bertz CT molecular complexity index is 975. The Morgan fingerprint density at radius 3 is 2.62 bits per heavy atom. The van der Waals surface area contributed by atoms with Crippen LogP contribution < -0.4 is 4.72 Å². The van der Waals surface area contributed by atoms with Crippen molar-refractivity contribution in [2.45, 2.75) is 25.0 Å². The molecule has 2 aromatic heterocycles. The van der Waals surface area contributed by atoms with Crippen molar-refractivity contribution in [1.82, 2.24) is 9.88 Å². The first kappa shape index (κ1) is 17.9. The number of esters is 1. The lowest BCUT2D eigenvalue weighted by atomic mass is 10.2. The van der Waals surface area contributed by atoms with Crippen LogP contribution in [0.3, 0.4) is 0 Å². The normalized spacial score (nSPS) is 11.4. The van der Waals surface area contributed by atoms with Gasteiger partial charge in [0, 0.05) is 6.07 Å². The Morgan fingerprint density at radius 1 is 1.23 bits per heavy atom. The Kier molecular flexibility index (Phi) is 5.19. The number of carbonyl (C=O) groups excluding carboxylic acids is 1. The quantitative estimate of drug-likeness (QED) is 0.630. The van der Waals surface area contributed by atoms with Crippen LogP contribution in [0.5, 0.6) is 0 Å². The number of nitrogens with zero attached hydrogens (tertiary/aromatic N) is 1. The average molecular weight is 376 g/mol. The maximum Gasteiger partial charge on any atom is 0.338 e. The highest BCUT2D eigenvalue weighted by molar-refractivity contribution is 7.89. The molecule has 0 saturated carbocycles. The van der Waals surface area contributed by atoms with Crippen LogP contribution in [-0.4, -0.2) is 19.5 Å². The third-order valence-corrected chi connectivity index (χ3v) is 4.86. The second kappa shape index (κ2) is 7.54. The SMILES string of the molecule is Cc1cc(COC(=O)c2ccc(S(=O)(=O)NCc3ccco3)cc2)no1. The molecular weight excluding hydrogens is 360 g/mol. The van der Waals surface area contributed by atoms with E-state index in [1.54, 1.807) is 25.1 Å². The van der Waals surface area contributed by atoms with Crippen molar-refractivity contribution in [2.24, 2.45) is 0 Å². The van der Waals surface area contributed by atoms with Crippen molar-refractivity contribution in [3.63, 3.8) is 0 Å². The molecule has 0 bridgehead atoms. The summed E-state index contributed by atoms with van der Waals surface area (Å²) in [6.07, 6.45) is 1.46. The predicted molar refractivity (Wildman–Crippen MR) is 89.5 cm³/mol. The molecule has 0 aliphatic rings. The van der Waals surface area contributed by atoms with Crippen molar-refractivity contribution in [3.8, 4) is 0 Å². The van der Waals surface area contributed by atoms with Gasteiger partial charge in [-0.3, -0.25) is 0 Å². The Labute approximate surface area is 149 Å². The Balaban J connectivity index is 1.60. The Morgan fingerprint density at radius 2 is 2.00 bits per heavy atom. The number of ether oxygens (including phenoxy) is 1. The molecule has 1 aromatic carbocycles. The summed E-state index contributed by atoms with van der Waals surface area (Å²) in [7, 11) is -3.72. The number of carbonyl (C=O) groups is 1. The lowest BCUT2D eigenvalue weighted by Crippen LogP contribution is -2.23. The van der Waals surface area contributed by atoms with Crippen molar-refractivity contribution in [3.05, 3.63) is 71.5 Å². The molecule has 0 aliphatic carbocycles. The minimum atomic E-state index is -3.72. The molecule has 3 rings (SSSR count). The molecule has 0 aliphatic heterocycles. The smallest absolute Gasteiger partial charge is 0.338 e. The molecule has 0 radical (unpaired) electrons. The highest BCUT2D eigenvalue weighted by Crippen LogP contribution is 2.13. The Hall–Kier alpha value is -2.91. The third-order valence-electron chi connectivity index (χ3n) is 3.44. The molecule has 2 heterocycles. The lowest BCUT2D eigenvalue weighted by molar-refractivity contribution is 0.0464. The standard InChI is InChI=1S/C17H16N2O6S/c1-12-9-14(19-25-12)11-24-17(20)13-4-6-16(7-5-13)26(21,22)18-10-15-3-2-8-23-15/h2-9,18H,10-11H2,1H3. The fourth-order valence-corrected chi connectivity index (χ4v) is 3.13. The molecule has 0 atom stereocenters. The first-order valence-corrected chi connectivity index (χ1v) is 9.14. The monoisotopic (exact) mass is 376 g/mol. The number of aromatic nitrogens is 1. The minimum absolute atomic E-state index is 0.0269. The molecule has 26 heavy (non-hydrogen) atoms. The summed E-state index contributed by atoms with van der Waals surface area (Å²) in [5, 5.41) is 3.72. The topological polar surface area (TPSA) is 112 Å². The van der Waals surface area contributed by atoms with Crippen LogP contribution >= 0.6 is 0 Å². The van der Waals surface area contributed by atoms with E-state index in [2.05, 4.69) is 9.88 Å². The predicted octanol–water partition coefficient (Wildman–Crippen LogP) is 2.41. The molecule has 136 valence electrons. The van der Waals surface area contributed by atoms with Gasteiger partial charge in [0.1, 0.15) is 23.8 Å². The number of hydrogen-bond donors (Lipinski definition) is 1. The zero-order chi connectivity index (χ0) is 18.6. The van der Waals surface area contributed by atoms with Crippen LogP contribution in [0, 0.1) is 6.92 Å². The van der Waals surface area contributed by atoms with Gasteiger partial charge in [0.2, 0.25) is 10.0 Å². The highest BCUT2D eigenvalue weighted by atomic mass is 32.2. The molecule has 9 heteroatoms. The molecule has 0 saturated heterocycles. The highest BCUT2D eigenvalue weighted by Gasteiger charge is 2.16. The molecule has 0 fully saturated rings. The summed E-state index contributed by atoms with van der Waals surface area (Å²) in [6, 6.07) is 10.4. The van der Waals surface area contributed by atoms with Gasteiger partial charge in [0.15, 0.2) is 0 Å². The van der Waals surface area contributed by atoms with Crippen LogP contribution in [0.1, 0.15) is 27.6 Å². The molecule has 8 nitrogen and oxygen atoms in total. The zero-order valence-corrected chi connectivity index (χ0v) is 14.7. The maximum absolute atomic E-state index is 12.2. The summed E-state index contributed by atoms with van der Waals surface area (Å²) in [4.78, 5) is 12.0. The third kappa shape index (κ3) is 4.38. The van der Waals surface area contributed by atoms with E-state index in [1.807, 2.05) is 0 Å². The zero-order valence-electron chi connectivity index (χ0n) is 13.8. The summed E-state index contributed by atoms with van der Waals surface area (Å²) in [6.45, 7) is 1.74. The van der Waals surface area contributed by atoms with Gasteiger partial charge in [0.25, 0.3) is 0 Å². The second-order valence-electron chi connectivity index (χ2n) is 5.43. The van der Waals surface area contributed by atoms with Gasteiger partial charge in [-0.05, 0) is 43.3 Å². The van der Waals surface area contributed by atoms with Gasteiger partial charge in [0.05, 0.1) is 23.3 Å². The van der Waals surface area contributed by atoms with Gasteiger partial charge in [-0.2, -0.15) is 0 Å². The molecule has 0 amide bonds. The summed E-state index contributed by atoms with van der Waals surface area (Å²) >= 11 is 0. The van der Waals surface area contributed by atoms with Crippen LogP contribution in [0.25, 0.3) is 0 Å². The van der Waals surface area contributed by atoms with Gasteiger partial charge in [-0.25, -0.2) is 17.9 Å².